The Balaban J connectivity index is 2.11. The van der Waals surface area contributed by atoms with E-state index in [2.05, 4.69) is 21.2 Å². The molecule has 106 valence electrons. The van der Waals surface area contributed by atoms with Crippen molar-refractivity contribution in [1.29, 1.82) is 0 Å². The summed E-state index contributed by atoms with van der Waals surface area (Å²) in [6, 6.07) is 9.39. The average Bonchev–Trinajstić information content (AvgIpc) is 2.89. The van der Waals surface area contributed by atoms with Gasteiger partial charge < -0.3 is 14.6 Å². The Labute approximate surface area is 126 Å². The van der Waals surface area contributed by atoms with E-state index in [0.717, 1.165) is 15.7 Å². The van der Waals surface area contributed by atoms with Gasteiger partial charge in [0.15, 0.2) is 0 Å². The first-order chi connectivity index (χ1) is 9.61. The molecular weight excluding hydrogens is 320 g/mol. The van der Waals surface area contributed by atoms with Gasteiger partial charge in [-0.15, -0.1) is 0 Å². The van der Waals surface area contributed by atoms with Gasteiger partial charge in [-0.3, -0.25) is 4.79 Å². The van der Waals surface area contributed by atoms with Gasteiger partial charge in [-0.05, 0) is 42.8 Å². The van der Waals surface area contributed by atoms with E-state index in [0.29, 0.717) is 18.8 Å². The Morgan fingerprint density at radius 2 is 2.20 bits per heavy atom. The first-order valence-corrected chi connectivity index (χ1v) is 7.12. The molecule has 1 aromatic heterocycles. The van der Waals surface area contributed by atoms with Gasteiger partial charge in [0.05, 0.1) is 6.61 Å². The standard InChI is InChI=1S/C15H17BrN2O2/c1-11-10-12(5-6-13(11)16)17-15(19)14-4-3-7-18(14)8-9-20-2/h3-7,10H,8-9H2,1-2H3,(H,17,19). The number of halogens is 1. The summed E-state index contributed by atoms with van der Waals surface area (Å²) >= 11 is 3.44. The SMILES string of the molecule is COCCn1cccc1C(=O)Nc1ccc(Br)c(C)c1. The van der Waals surface area contributed by atoms with Crippen molar-refractivity contribution in [2.75, 3.05) is 19.0 Å². The monoisotopic (exact) mass is 336 g/mol. The van der Waals surface area contributed by atoms with Crippen LogP contribution in [0, 0.1) is 6.92 Å². The maximum Gasteiger partial charge on any atom is 0.272 e. The van der Waals surface area contributed by atoms with E-state index in [1.807, 2.05) is 42.0 Å². The molecule has 0 saturated heterocycles. The highest BCUT2D eigenvalue weighted by atomic mass is 79.9. The molecule has 1 N–H and O–H groups in total. The fourth-order valence-corrected chi connectivity index (χ4v) is 2.17. The maximum absolute atomic E-state index is 12.3. The van der Waals surface area contributed by atoms with Crippen molar-refractivity contribution in [3.63, 3.8) is 0 Å². The van der Waals surface area contributed by atoms with Crippen molar-refractivity contribution in [2.24, 2.45) is 0 Å². The molecule has 0 aliphatic heterocycles. The third-order valence-electron chi connectivity index (χ3n) is 3.01. The highest BCUT2D eigenvalue weighted by Gasteiger charge is 2.11. The normalized spacial score (nSPS) is 10.6. The van der Waals surface area contributed by atoms with E-state index in [-0.39, 0.29) is 5.91 Å². The molecule has 2 aromatic rings. The van der Waals surface area contributed by atoms with Crippen molar-refractivity contribution in [3.05, 3.63) is 52.3 Å². The van der Waals surface area contributed by atoms with Gasteiger partial charge in [0.25, 0.3) is 5.91 Å². The van der Waals surface area contributed by atoms with Crippen molar-refractivity contribution in [1.82, 2.24) is 4.57 Å². The largest absolute Gasteiger partial charge is 0.383 e. The Morgan fingerprint density at radius 3 is 2.90 bits per heavy atom. The Hall–Kier alpha value is -1.59. The molecule has 0 radical (unpaired) electrons. The summed E-state index contributed by atoms with van der Waals surface area (Å²) in [6.07, 6.45) is 1.88. The van der Waals surface area contributed by atoms with E-state index in [1.165, 1.54) is 0 Å². The lowest BCUT2D eigenvalue weighted by atomic mass is 10.2. The molecule has 1 aromatic carbocycles. The zero-order chi connectivity index (χ0) is 14.5. The topological polar surface area (TPSA) is 43.3 Å². The Kier molecular flexibility index (Phi) is 4.98. The minimum Gasteiger partial charge on any atom is -0.383 e. The number of aromatic nitrogens is 1. The van der Waals surface area contributed by atoms with E-state index in [9.17, 15) is 4.79 Å². The van der Waals surface area contributed by atoms with Gasteiger partial charge in [0, 0.05) is 30.0 Å². The van der Waals surface area contributed by atoms with Gasteiger partial charge in [-0.25, -0.2) is 0 Å². The summed E-state index contributed by atoms with van der Waals surface area (Å²) < 4.78 is 7.95. The van der Waals surface area contributed by atoms with Crippen LogP contribution in [-0.4, -0.2) is 24.2 Å². The molecule has 0 fully saturated rings. The predicted octanol–water partition coefficient (Wildman–Crippen LogP) is 3.46. The smallest absolute Gasteiger partial charge is 0.272 e. The number of anilines is 1. The van der Waals surface area contributed by atoms with Gasteiger partial charge >= 0.3 is 0 Å². The molecular formula is C15H17BrN2O2. The van der Waals surface area contributed by atoms with Crippen LogP contribution in [0.5, 0.6) is 0 Å². The highest BCUT2D eigenvalue weighted by molar-refractivity contribution is 9.10. The van der Waals surface area contributed by atoms with Crippen molar-refractivity contribution < 1.29 is 9.53 Å². The molecule has 0 spiro atoms. The van der Waals surface area contributed by atoms with Gasteiger partial charge in [0.2, 0.25) is 0 Å². The molecule has 2 rings (SSSR count). The van der Waals surface area contributed by atoms with E-state index in [4.69, 9.17) is 4.74 Å². The summed E-state index contributed by atoms with van der Waals surface area (Å²) in [5, 5.41) is 2.91. The van der Waals surface area contributed by atoms with Gasteiger partial charge in [0.1, 0.15) is 5.69 Å². The van der Waals surface area contributed by atoms with Crippen LogP contribution >= 0.6 is 15.9 Å². The molecule has 0 atom stereocenters. The fourth-order valence-electron chi connectivity index (χ4n) is 1.92. The fraction of sp³-hybridized carbons (Fsp3) is 0.267. The summed E-state index contributed by atoms with van der Waals surface area (Å²) in [6.45, 7) is 3.22. The Bertz CT molecular complexity index is 608. The van der Waals surface area contributed by atoms with Crippen molar-refractivity contribution in [2.45, 2.75) is 13.5 Å². The second-order valence-electron chi connectivity index (χ2n) is 4.50. The number of aryl methyl sites for hydroxylation is 1. The number of ether oxygens (including phenoxy) is 1. The highest BCUT2D eigenvalue weighted by Crippen LogP contribution is 2.20. The minimum absolute atomic E-state index is 0.118. The predicted molar refractivity (Wildman–Crippen MR) is 83.1 cm³/mol. The zero-order valence-electron chi connectivity index (χ0n) is 11.5. The molecule has 4 nitrogen and oxygen atoms in total. The molecule has 0 saturated carbocycles. The summed E-state index contributed by atoms with van der Waals surface area (Å²) in [7, 11) is 1.65. The molecule has 1 amide bonds. The first kappa shape index (κ1) is 14.8. The van der Waals surface area contributed by atoms with Crippen LogP contribution < -0.4 is 5.32 Å². The maximum atomic E-state index is 12.3. The molecule has 0 aliphatic carbocycles. The number of carbonyl (C=O) groups is 1. The summed E-state index contributed by atoms with van der Waals surface area (Å²) in [5.41, 5.74) is 2.50. The molecule has 1 heterocycles. The zero-order valence-corrected chi connectivity index (χ0v) is 13.1. The van der Waals surface area contributed by atoms with Crippen LogP contribution in [-0.2, 0) is 11.3 Å². The quantitative estimate of drug-likeness (QED) is 0.908. The summed E-state index contributed by atoms with van der Waals surface area (Å²) in [5.74, 6) is -0.118. The number of hydrogen-bond donors (Lipinski definition) is 1. The van der Waals surface area contributed by atoms with E-state index < -0.39 is 0 Å². The first-order valence-electron chi connectivity index (χ1n) is 6.33. The van der Waals surface area contributed by atoms with Gasteiger partial charge in [-0.1, -0.05) is 15.9 Å². The number of carbonyl (C=O) groups excluding carboxylic acids is 1. The number of nitrogens with zero attached hydrogens (tertiary/aromatic N) is 1. The number of benzene rings is 1. The minimum atomic E-state index is -0.118. The number of methoxy groups -OCH3 is 1. The van der Waals surface area contributed by atoms with Crippen molar-refractivity contribution >= 4 is 27.5 Å². The lowest BCUT2D eigenvalue weighted by Crippen LogP contribution is -2.18. The third-order valence-corrected chi connectivity index (χ3v) is 3.90. The van der Waals surface area contributed by atoms with E-state index >= 15 is 0 Å². The second kappa shape index (κ2) is 6.72. The van der Waals surface area contributed by atoms with Crippen LogP contribution in [0.3, 0.4) is 0 Å². The number of amides is 1. The second-order valence-corrected chi connectivity index (χ2v) is 5.35. The molecule has 20 heavy (non-hydrogen) atoms. The van der Waals surface area contributed by atoms with Crippen molar-refractivity contribution in [3.8, 4) is 0 Å². The lowest BCUT2D eigenvalue weighted by Gasteiger charge is -2.10. The van der Waals surface area contributed by atoms with Crippen LogP contribution in [0.1, 0.15) is 16.1 Å². The Morgan fingerprint density at radius 1 is 1.40 bits per heavy atom. The van der Waals surface area contributed by atoms with Crippen LogP contribution in [0.4, 0.5) is 5.69 Å². The van der Waals surface area contributed by atoms with Crippen LogP contribution in [0.2, 0.25) is 0 Å². The average molecular weight is 337 g/mol. The number of nitrogens with one attached hydrogen (secondary N) is 1. The molecule has 0 bridgehead atoms. The molecule has 5 heteroatoms. The lowest BCUT2D eigenvalue weighted by molar-refractivity contribution is 0.101. The number of hydrogen-bond acceptors (Lipinski definition) is 2. The van der Waals surface area contributed by atoms with E-state index in [1.54, 1.807) is 13.2 Å². The third kappa shape index (κ3) is 3.49. The van der Waals surface area contributed by atoms with Crippen LogP contribution in [0.15, 0.2) is 41.0 Å². The molecule has 0 unspecified atom stereocenters. The molecule has 0 aliphatic rings. The summed E-state index contributed by atoms with van der Waals surface area (Å²) in [4.78, 5) is 12.3. The van der Waals surface area contributed by atoms with Crippen LogP contribution in [0.25, 0.3) is 0 Å². The van der Waals surface area contributed by atoms with Gasteiger partial charge in [-0.2, -0.15) is 0 Å². The number of rotatable bonds is 5.